The molecule has 0 atom stereocenters. The van der Waals surface area contributed by atoms with Gasteiger partial charge in [-0.25, -0.2) is 18.7 Å². The van der Waals surface area contributed by atoms with Gasteiger partial charge >= 0.3 is 23.9 Å². The van der Waals surface area contributed by atoms with Gasteiger partial charge in [0.15, 0.2) is 11.6 Å². The Labute approximate surface area is 192 Å². The molecule has 17 heteroatoms. The Morgan fingerprint density at radius 2 is 1.47 bits per heavy atom. The van der Waals surface area contributed by atoms with E-state index in [-0.39, 0.29) is 12.1 Å². The number of aliphatic hydroxyl groups is 1. The Balaban J connectivity index is 2.47. The topological polar surface area (TPSA) is 70.6 Å². The highest BCUT2D eigenvalue weighted by molar-refractivity contribution is 6.00. The molecule has 0 aliphatic carbocycles. The van der Waals surface area contributed by atoms with Crippen molar-refractivity contribution >= 4 is 17.3 Å². The van der Waals surface area contributed by atoms with Gasteiger partial charge in [0.05, 0.1) is 30.2 Å². The summed E-state index contributed by atoms with van der Waals surface area (Å²) in [6.45, 7) is -1.01. The molecule has 0 saturated carbocycles. The van der Waals surface area contributed by atoms with Crippen LogP contribution in [0.25, 0.3) is 0 Å². The molecule has 200 valence electrons. The fraction of sp³-hybridized carbons (Fsp3) is 0.316. The van der Waals surface area contributed by atoms with E-state index >= 15 is 0 Å². The summed E-state index contributed by atoms with van der Waals surface area (Å²) < 4.78 is 160. The van der Waals surface area contributed by atoms with E-state index in [2.05, 4.69) is 4.84 Å². The SMILES string of the molecule is O=C(NOCCO)c1ccc(F)c(F)c1Nc1ccc(C(F)(F)C(F)(F)C(F)(F)C(F)(F)F)cc1F. The van der Waals surface area contributed by atoms with Crippen LogP contribution in [0.4, 0.5) is 64.1 Å². The van der Waals surface area contributed by atoms with Crippen molar-refractivity contribution in [2.45, 2.75) is 23.9 Å². The molecule has 0 heterocycles. The first kappa shape index (κ1) is 29.0. The maximum atomic E-state index is 14.4. The van der Waals surface area contributed by atoms with Crippen LogP contribution in [-0.2, 0) is 10.8 Å². The number of hydroxylamine groups is 1. The van der Waals surface area contributed by atoms with Crippen molar-refractivity contribution in [1.29, 1.82) is 0 Å². The summed E-state index contributed by atoms with van der Waals surface area (Å²) in [5, 5.41) is 10.4. The molecule has 2 aromatic rings. The molecule has 36 heavy (non-hydrogen) atoms. The van der Waals surface area contributed by atoms with E-state index in [4.69, 9.17) is 5.11 Å². The largest absolute Gasteiger partial charge is 0.460 e. The molecule has 0 radical (unpaired) electrons. The Kier molecular flexibility index (Phi) is 8.09. The number of rotatable bonds is 9. The second-order valence-electron chi connectivity index (χ2n) is 6.83. The number of carbonyl (C=O) groups excluding carboxylic acids is 1. The molecular weight excluding hydrogens is 532 g/mol. The Morgan fingerprint density at radius 1 is 0.861 bits per heavy atom. The minimum absolute atomic E-state index is 0.120. The first-order chi connectivity index (χ1) is 16.4. The number of alkyl halides is 9. The zero-order valence-corrected chi connectivity index (χ0v) is 17.1. The van der Waals surface area contributed by atoms with Crippen LogP contribution in [0.1, 0.15) is 15.9 Å². The van der Waals surface area contributed by atoms with Gasteiger partial charge in [-0.1, -0.05) is 6.07 Å². The smallest absolute Gasteiger partial charge is 0.394 e. The third-order valence-electron chi connectivity index (χ3n) is 4.43. The molecule has 0 unspecified atom stereocenters. The molecule has 2 rings (SSSR count). The lowest BCUT2D eigenvalue weighted by molar-refractivity contribution is -0.399. The third-order valence-corrected chi connectivity index (χ3v) is 4.43. The number of hydrogen-bond donors (Lipinski definition) is 3. The first-order valence-electron chi connectivity index (χ1n) is 9.18. The van der Waals surface area contributed by atoms with Crippen LogP contribution in [0.3, 0.4) is 0 Å². The monoisotopic (exact) mass is 544 g/mol. The number of nitrogens with one attached hydrogen (secondary N) is 2. The highest BCUT2D eigenvalue weighted by Crippen LogP contribution is 2.56. The number of anilines is 2. The van der Waals surface area contributed by atoms with Crippen molar-refractivity contribution in [3.63, 3.8) is 0 Å². The number of carbonyl (C=O) groups is 1. The van der Waals surface area contributed by atoms with Gasteiger partial charge in [-0.2, -0.15) is 39.5 Å². The summed E-state index contributed by atoms with van der Waals surface area (Å²) in [6.07, 6.45) is -7.09. The molecule has 0 aliphatic rings. The van der Waals surface area contributed by atoms with Gasteiger partial charge in [0.25, 0.3) is 5.91 Å². The third kappa shape index (κ3) is 5.16. The fourth-order valence-corrected chi connectivity index (χ4v) is 2.58. The Morgan fingerprint density at radius 3 is 2.00 bits per heavy atom. The van der Waals surface area contributed by atoms with Gasteiger partial charge < -0.3 is 10.4 Å². The summed E-state index contributed by atoms with van der Waals surface area (Å²) in [4.78, 5) is 16.5. The van der Waals surface area contributed by atoms with Gasteiger partial charge in [-0.3, -0.25) is 9.63 Å². The van der Waals surface area contributed by atoms with Crippen molar-refractivity contribution in [1.82, 2.24) is 5.48 Å². The van der Waals surface area contributed by atoms with Crippen molar-refractivity contribution in [2.24, 2.45) is 0 Å². The lowest BCUT2D eigenvalue weighted by atomic mass is 9.96. The minimum atomic E-state index is -7.22. The van der Waals surface area contributed by atoms with Gasteiger partial charge in [0.1, 0.15) is 5.82 Å². The summed E-state index contributed by atoms with van der Waals surface area (Å²) >= 11 is 0. The molecule has 0 fully saturated rings. The molecule has 0 aromatic heterocycles. The average molecular weight is 544 g/mol. The second-order valence-corrected chi connectivity index (χ2v) is 6.83. The Bertz CT molecular complexity index is 1120. The molecule has 3 N–H and O–H groups in total. The molecule has 1 amide bonds. The fourth-order valence-electron chi connectivity index (χ4n) is 2.58. The molecule has 5 nitrogen and oxygen atoms in total. The predicted octanol–water partition coefficient (Wildman–Crippen LogP) is 5.43. The summed E-state index contributed by atoms with van der Waals surface area (Å²) in [7, 11) is 0. The highest BCUT2D eigenvalue weighted by Gasteiger charge is 2.82. The first-order valence-corrected chi connectivity index (χ1v) is 9.18. The van der Waals surface area contributed by atoms with Crippen LogP contribution in [0.15, 0.2) is 30.3 Å². The summed E-state index contributed by atoms with van der Waals surface area (Å²) in [5.74, 6) is -27.3. The van der Waals surface area contributed by atoms with Gasteiger partial charge in [-0.15, -0.1) is 0 Å². The molecule has 0 bridgehead atoms. The lowest BCUT2D eigenvalue weighted by Gasteiger charge is -2.33. The second kappa shape index (κ2) is 10.0. The van der Waals surface area contributed by atoms with E-state index in [0.717, 1.165) is 0 Å². The van der Waals surface area contributed by atoms with Gasteiger partial charge in [-0.05, 0) is 24.3 Å². The molecule has 0 aliphatic heterocycles. The van der Waals surface area contributed by atoms with E-state index < -0.39 is 89.1 Å². The lowest BCUT2D eigenvalue weighted by Crippen LogP contribution is -2.59. The van der Waals surface area contributed by atoms with Gasteiger partial charge in [0, 0.05) is 5.56 Å². The van der Waals surface area contributed by atoms with Crippen LogP contribution in [-0.4, -0.2) is 42.2 Å². The molecule has 0 saturated heterocycles. The van der Waals surface area contributed by atoms with Crippen LogP contribution < -0.4 is 10.8 Å². The summed E-state index contributed by atoms with van der Waals surface area (Å²) in [5.41, 5.74) is -3.63. The highest BCUT2D eigenvalue weighted by atomic mass is 19.4. The van der Waals surface area contributed by atoms with E-state index in [9.17, 15) is 57.5 Å². The quantitative estimate of drug-likeness (QED) is 0.224. The zero-order chi connectivity index (χ0) is 27.7. The van der Waals surface area contributed by atoms with Crippen LogP contribution >= 0.6 is 0 Å². The van der Waals surface area contributed by atoms with Crippen molar-refractivity contribution < 1.29 is 67.4 Å². The molecule has 2 aromatic carbocycles. The van der Waals surface area contributed by atoms with E-state index in [1.54, 1.807) is 10.8 Å². The van der Waals surface area contributed by atoms with Crippen molar-refractivity contribution in [2.75, 3.05) is 18.5 Å². The normalized spacial score (nSPS) is 13.0. The van der Waals surface area contributed by atoms with Gasteiger partial charge in [0.2, 0.25) is 0 Å². The number of aliphatic hydroxyl groups excluding tert-OH is 1. The summed E-state index contributed by atoms with van der Waals surface area (Å²) in [6, 6.07) is 0.509. The molecular formula is C19H12F12N2O3. The van der Waals surface area contributed by atoms with Crippen LogP contribution in [0.5, 0.6) is 0 Å². The van der Waals surface area contributed by atoms with Crippen molar-refractivity contribution in [3.05, 3.63) is 58.9 Å². The van der Waals surface area contributed by atoms with E-state index in [1.165, 1.54) is 0 Å². The van der Waals surface area contributed by atoms with Crippen molar-refractivity contribution in [3.8, 4) is 0 Å². The number of amides is 1. The van der Waals surface area contributed by atoms with E-state index in [0.29, 0.717) is 12.1 Å². The number of halogens is 12. The number of hydrogen-bond acceptors (Lipinski definition) is 4. The maximum absolute atomic E-state index is 14.4. The van der Waals surface area contributed by atoms with Crippen LogP contribution in [0, 0.1) is 17.5 Å². The average Bonchev–Trinajstić information content (AvgIpc) is 2.77. The van der Waals surface area contributed by atoms with E-state index in [1.807, 2.05) is 0 Å². The van der Waals surface area contributed by atoms with Crippen LogP contribution in [0.2, 0.25) is 0 Å². The minimum Gasteiger partial charge on any atom is -0.394 e. The molecule has 0 spiro atoms. The number of benzene rings is 2. The maximum Gasteiger partial charge on any atom is 0.460 e. The Hall–Kier alpha value is -3.21. The predicted molar refractivity (Wildman–Crippen MR) is 96.4 cm³/mol. The zero-order valence-electron chi connectivity index (χ0n) is 17.1. The standard InChI is InChI=1S/C19H12F12N2O3/c20-10-3-2-9(15(35)33-36-6-5-34)14(13(10)22)32-12-4-1-8(7-11(12)21)16(23,24)17(25,26)18(27,28)19(29,30)31/h1-4,7,32,34H,5-6H2,(H,33,35).